The second kappa shape index (κ2) is 5.70. The molecule has 0 aliphatic heterocycles. The van der Waals surface area contributed by atoms with E-state index in [0.29, 0.717) is 5.02 Å². The van der Waals surface area contributed by atoms with Gasteiger partial charge in [0.05, 0.1) is 16.4 Å². The van der Waals surface area contributed by atoms with Gasteiger partial charge in [-0.3, -0.25) is 0 Å². The van der Waals surface area contributed by atoms with E-state index < -0.39 is 0 Å². The van der Waals surface area contributed by atoms with Gasteiger partial charge >= 0.3 is 0 Å². The highest BCUT2D eigenvalue weighted by Crippen LogP contribution is 2.27. The minimum absolute atomic E-state index is 0.151. The van der Waals surface area contributed by atoms with Crippen LogP contribution in [-0.2, 0) is 6.54 Å². The molecule has 1 atom stereocenters. The second-order valence-electron chi connectivity index (χ2n) is 5.29. The Labute approximate surface area is 134 Å². The van der Waals surface area contributed by atoms with Gasteiger partial charge < -0.3 is 4.57 Å². The van der Waals surface area contributed by atoms with E-state index in [1.54, 1.807) is 0 Å². The molecule has 21 heavy (non-hydrogen) atoms. The first-order chi connectivity index (χ1) is 10.0. The summed E-state index contributed by atoms with van der Waals surface area (Å²) in [7, 11) is 0. The molecule has 2 aromatic carbocycles. The highest BCUT2D eigenvalue weighted by atomic mass is 35.5. The molecular formula is C17H16Cl2N2. The number of hydrogen-bond donors (Lipinski definition) is 0. The van der Waals surface area contributed by atoms with E-state index in [-0.39, 0.29) is 5.38 Å². The van der Waals surface area contributed by atoms with Gasteiger partial charge in [0.25, 0.3) is 0 Å². The van der Waals surface area contributed by atoms with Crippen LogP contribution < -0.4 is 0 Å². The van der Waals surface area contributed by atoms with E-state index >= 15 is 0 Å². The van der Waals surface area contributed by atoms with Gasteiger partial charge in [-0.25, -0.2) is 4.98 Å². The molecule has 3 aromatic rings. The number of halogens is 2. The number of rotatable bonds is 3. The molecule has 0 N–H and O–H groups in total. The van der Waals surface area contributed by atoms with Crippen LogP contribution in [0.4, 0.5) is 0 Å². The Hall–Kier alpha value is -1.51. The minimum Gasteiger partial charge on any atom is -0.322 e. The van der Waals surface area contributed by atoms with Gasteiger partial charge in [-0.2, -0.15) is 0 Å². The Morgan fingerprint density at radius 1 is 1.14 bits per heavy atom. The lowest BCUT2D eigenvalue weighted by Crippen LogP contribution is -2.05. The van der Waals surface area contributed by atoms with Gasteiger partial charge in [0.15, 0.2) is 0 Å². The number of benzene rings is 2. The van der Waals surface area contributed by atoms with E-state index in [9.17, 15) is 0 Å². The molecule has 0 fully saturated rings. The molecule has 4 heteroatoms. The van der Waals surface area contributed by atoms with E-state index in [2.05, 4.69) is 40.7 Å². The van der Waals surface area contributed by atoms with Crippen molar-refractivity contribution in [3.05, 3.63) is 64.4 Å². The largest absolute Gasteiger partial charge is 0.322 e. The van der Waals surface area contributed by atoms with Crippen LogP contribution in [0.3, 0.4) is 0 Å². The summed E-state index contributed by atoms with van der Waals surface area (Å²) in [5.41, 5.74) is 4.42. The van der Waals surface area contributed by atoms with Gasteiger partial charge in [-0.1, -0.05) is 41.4 Å². The van der Waals surface area contributed by atoms with Crippen LogP contribution in [0.15, 0.2) is 42.5 Å². The second-order valence-corrected chi connectivity index (χ2v) is 6.38. The van der Waals surface area contributed by atoms with Crippen molar-refractivity contribution in [2.45, 2.75) is 25.8 Å². The van der Waals surface area contributed by atoms with Crippen molar-refractivity contribution < 1.29 is 0 Å². The van der Waals surface area contributed by atoms with Crippen LogP contribution in [0.1, 0.15) is 29.3 Å². The standard InChI is InChI=1S/C17H16Cl2N2/c1-11-3-5-13(6-4-11)10-21-16-9-14(19)7-8-15(16)20-17(21)12(2)18/h3-9,12H,10H2,1-2H3. The summed E-state index contributed by atoms with van der Waals surface area (Å²) in [6, 6.07) is 14.2. The Kier molecular flexibility index (Phi) is 3.92. The summed E-state index contributed by atoms with van der Waals surface area (Å²) in [5.74, 6) is 0.870. The lowest BCUT2D eigenvalue weighted by atomic mass is 10.1. The fourth-order valence-corrected chi connectivity index (χ4v) is 2.79. The lowest BCUT2D eigenvalue weighted by Gasteiger charge is -2.11. The zero-order valence-corrected chi connectivity index (χ0v) is 13.5. The molecule has 1 aromatic heterocycles. The smallest absolute Gasteiger partial charge is 0.128 e. The van der Waals surface area contributed by atoms with Crippen molar-refractivity contribution in [1.82, 2.24) is 9.55 Å². The van der Waals surface area contributed by atoms with Crippen LogP contribution in [0, 0.1) is 6.92 Å². The first-order valence-corrected chi connectivity index (χ1v) is 7.71. The molecule has 0 aliphatic carbocycles. The van der Waals surface area contributed by atoms with Crippen LogP contribution in [0.2, 0.25) is 5.02 Å². The Morgan fingerprint density at radius 3 is 2.52 bits per heavy atom. The van der Waals surface area contributed by atoms with Crippen molar-refractivity contribution in [3.63, 3.8) is 0 Å². The predicted molar refractivity (Wildman–Crippen MR) is 89.3 cm³/mol. The molecule has 0 bridgehead atoms. The zero-order chi connectivity index (χ0) is 15.0. The molecule has 0 amide bonds. The third kappa shape index (κ3) is 2.92. The molecule has 0 radical (unpaired) electrons. The number of alkyl halides is 1. The van der Waals surface area contributed by atoms with Gasteiger partial charge in [0.2, 0.25) is 0 Å². The van der Waals surface area contributed by atoms with Crippen LogP contribution in [-0.4, -0.2) is 9.55 Å². The van der Waals surface area contributed by atoms with Gasteiger partial charge in [0.1, 0.15) is 5.82 Å². The van der Waals surface area contributed by atoms with Crippen molar-refractivity contribution in [1.29, 1.82) is 0 Å². The van der Waals surface area contributed by atoms with Gasteiger partial charge in [-0.15, -0.1) is 11.6 Å². The van der Waals surface area contributed by atoms with E-state index in [0.717, 1.165) is 23.4 Å². The summed E-state index contributed by atoms with van der Waals surface area (Å²) in [6.45, 7) is 4.77. The summed E-state index contributed by atoms with van der Waals surface area (Å²) in [4.78, 5) is 4.64. The minimum atomic E-state index is -0.151. The fourth-order valence-electron chi connectivity index (χ4n) is 2.46. The van der Waals surface area contributed by atoms with Crippen LogP contribution in [0.25, 0.3) is 11.0 Å². The Bertz CT molecular complexity index is 773. The predicted octanol–water partition coefficient (Wildman–Crippen LogP) is 5.35. The maximum Gasteiger partial charge on any atom is 0.128 e. The normalized spacial score (nSPS) is 12.8. The summed E-state index contributed by atoms with van der Waals surface area (Å²) >= 11 is 12.4. The quantitative estimate of drug-likeness (QED) is 0.595. The zero-order valence-electron chi connectivity index (χ0n) is 12.0. The van der Waals surface area contributed by atoms with Crippen molar-refractivity contribution in [2.75, 3.05) is 0 Å². The first kappa shape index (κ1) is 14.4. The molecule has 1 heterocycles. The monoisotopic (exact) mass is 318 g/mol. The maximum absolute atomic E-state index is 6.29. The number of aromatic nitrogens is 2. The molecule has 3 rings (SSSR count). The summed E-state index contributed by atoms with van der Waals surface area (Å²) in [6.07, 6.45) is 0. The third-order valence-corrected chi connectivity index (χ3v) is 3.99. The van der Waals surface area contributed by atoms with E-state index in [1.165, 1.54) is 11.1 Å². The highest BCUT2D eigenvalue weighted by molar-refractivity contribution is 6.31. The number of aryl methyl sites for hydroxylation is 1. The molecule has 0 aliphatic rings. The molecule has 0 saturated heterocycles. The lowest BCUT2D eigenvalue weighted by molar-refractivity contribution is 0.742. The molecule has 0 saturated carbocycles. The average Bonchev–Trinajstić information content (AvgIpc) is 2.80. The van der Waals surface area contributed by atoms with E-state index in [4.69, 9.17) is 23.2 Å². The fraction of sp³-hybridized carbons (Fsp3) is 0.235. The average molecular weight is 319 g/mol. The van der Waals surface area contributed by atoms with Crippen molar-refractivity contribution in [2.24, 2.45) is 0 Å². The first-order valence-electron chi connectivity index (χ1n) is 6.90. The van der Waals surface area contributed by atoms with Gasteiger partial charge in [-0.05, 0) is 37.6 Å². The number of nitrogens with zero attached hydrogens (tertiary/aromatic N) is 2. The molecular weight excluding hydrogens is 303 g/mol. The Morgan fingerprint density at radius 2 is 1.86 bits per heavy atom. The molecule has 0 spiro atoms. The highest BCUT2D eigenvalue weighted by Gasteiger charge is 2.15. The SMILES string of the molecule is Cc1ccc(Cn2c(C(C)Cl)nc3ccc(Cl)cc32)cc1. The maximum atomic E-state index is 6.29. The molecule has 1 unspecified atom stereocenters. The van der Waals surface area contributed by atoms with Crippen LogP contribution >= 0.6 is 23.2 Å². The van der Waals surface area contributed by atoms with Crippen molar-refractivity contribution in [3.8, 4) is 0 Å². The summed E-state index contributed by atoms with van der Waals surface area (Å²) in [5, 5.41) is 0.558. The Balaban J connectivity index is 2.12. The van der Waals surface area contributed by atoms with Crippen molar-refractivity contribution >= 4 is 34.2 Å². The van der Waals surface area contributed by atoms with Crippen LogP contribution in [0.5, 0.6) is 0 Å². The van der Waals surface area contributed by atoms with E-state index in [1.807, 2.05) is 25.1 Å². The topological polar surface area (TPSA) is 17.8 Å². The molecule has 2 nitrogen and oxygen atoms in total. The third-order valence-electron chi connectivity index (χ3n) is 3.56. The van der Waals surface area contributed by atoms with Gasteiger partial charge in [0, 0.05) is 11.6 Å². The summed E-state index contributed by atoms with van der Waals surface area (Å²) < 4.78 is 2.14. The molecule has 108 valence electrons. The number of hydrogen-bond acceptors (Lipinski definition) is 1. The number of fused-ring (bicyclic) bond motifs is 1. The number of imidazole rings is 1.